The van der Waals surface area contributed by atoms with Crippen LogP contribution in [0.1, 0.15) is 11.3 Å². The first kappa shape index (κ1) is 13.5. The first-order chi connectivity index (χ1) is 9.57. The molecular weight excluding hydrogens is 298 g/mol. The summed E-state index contributed by atoms with van der Waals surface area (Å²) < 4.78 is 26.6. The predicted molar refractivity (Wildman–Crippen MR) is 74.8 cm³/mol. The Morgan fingerprint density at radius 2 is 2.05 bits per heavy atom. The Labute approximate surface area is 122 Å². The van der Waals surface area contributed by atoms with Gasteiger partial charge in [0.15, 0.2) is 0 Å². The van der Waals surface area contributed by atoms with Crippen molar-refractivity contribution in [1.29, 1.82) is 0 Å². The second-order valence-corrected chi connectivity index (χ2v) is 6.84. The first-order valence-corrected chi connectivity index (χ1v) is 7.93. The van der Waals surface area contributed by atoms with Crippen LogP contribution < -0.4 is 0 Å². The van der Waals surface area contributed by atoms with Gasteiger partial charge in [-0.05, 0) is 23.8 Å². The lowest BCUT2D eigenvalue weighted by atomic mass is 10.1. The van der Waals surface area contributed by atoms with Crippen molar-refractivity contribution in [3.8, 4) is 0 Å². The van der Waals surface area contributed by atoms with Crippen molar-refractivity contribution in [1.82, 2.24) is 14.3 Å². The highest BCUT2D eigenvalue weighted by molar-refractivity contribution is 7.89. The van der Waals surface area contributed by atoms with Gasteiger partial charge in [0.05, 0.1) is 4.90 Å². The summed E-state index contributed by atoms with van der Waals surface area (Å²) in [5, 5.41) is 0.171. The average molecular weight is 310 g/mol. The number of sulfonamides is 1. The van der Waals surface area contributed by atoms with E-state index >= 15 is 0 Å². The molecule has 3 heterocycles. The molecule has 0 aromatic carbocycles. The summed E-state index contributed by atoms with van der Waals surface area (Å²) in [5.74, 6) is 0. The Morgan fingerprint density at radius 3 is 2.85 bits per heavy atom. The Bertz CT molecular complexity index is 749. The molecule has 0 spiro atoms. The second-order valence-electron chi connectivity index (χ2n) is 4.51. The maximum absolute atomic E-state index is 12.6. The van der Waals surface area contributed by atoms with E-state index in [0.29, 0.717) is 19.5 Å². The van der Waals surface area contributed by atoms with Crippen LogP contribution in [0.3, 0.4) is 0 Å². The number of halogens is 1. The van der Waals surface area contributed by atoms with E-state index in [1.54, 1.807) is 6.20 Å². The van der Waals surface area contributed by atoms with Gasteiger partial charge in [-0.1, -0.05) is 17.7 Å². The van der Waals surface area contributed by atoms with Crippen LogP contribution in [0.4, 0.5) is 0 Å². The third kappa shape index (κ3) is 2.42. The Morgan fingerprint density at radius 1 is 1.20 bits per heavy atom. The van der Waals surface area contributed by atoms with Crippen LogP contribution >= 0.6 is 11.6 Å². The van der Waals surface area contributed by atoms with Crippen LogP contribution in [-0.2, 0) is 23.0 Å². The van der Waals surface area contributed by atoms with E-state index in [2.05, 4.69) is 9.97 Å². The van der Waals surface area contributed by atoms with Gasteiger partial charge in [-0.3, -0.25) is 4.98 Å². The summed E-state index contributed by atoms with van der Waals surface area (Å²) >= 11 is 5.77. The van der Waals surface area contributed by atoms with Crippen LogP contribution in [0.15, 0.2) is 41.6 Å². The fourth-order valence-electron chi connectivity index (χ4n) is 2.24. The maximum atomic E-state index is 12.6. The highest BCUT2D eigenvalue weighted by Crippen LogP contribution is 2.24. The van der Waals surface area contributed by atoms with Gasteiger partial charge >= 0.3 is 0 Å². The van der Waals surface area contributed by atoms with Crippen LogP contribution in [0.5, 0.6) is 0 Å². The smallest absolute Gasteiger partial charge is 0.243 e. The van der Waals surface area contributed by atoms with E-state index < -0.39 is 10.0 Å². The molecule has 0 fully saturated rings. The van der Waals surface area contributed by atoms with Gasteiger partial charge in [-0.15, -0.1) is 0 Å². The predicted octanol–water partition coefficient (Wildman–Crippen LogP) is 1.88. The highest BCUT2D eigenvalue weighted by Gasteiger charge is 2.28. The van der Waals surface area contributed by atoms with Crippen molar-refractivity contribution in [2.45, 2.75) is 17.9 Å². The van der Waals surface area contributed by atoms with E-state index in [-0.39, 0.29) is 10.0 Å². The number of nitrogens with zero attached hydrogens (tertiary/aromatic N) is 3. The molecule has 0 amide bonds. The standard InChI is InChI=1S/C13H12ClN3O2S/c14-13-8-11(3-6-16-13)20(18,19)17-7-4-12-10(9-17)2-1-5-15-12/h1-3,5-6,8H,4,7,9H2. The van der Waals surface area contributed by atoms with Crippen LogP contribution in [-0.4, -0.2) is 29.2 Å². The van der Waals surface area contributed by atoms with Crippen LogP contribution in [0.25, 0.3) is 0 Å². The molecule has 0 saturated carbocycles. The summed E-state index contributed by atoms with van der Waals surface area (Å²) in [6.07, 6.45) is 3.74. The molecule has 0 bridgehead atoms. The SMILES string of the molecule is O=S(=O)(c1ccnc(Cl)c1)N1CCc2ncccc2C1. The summed E-state index contributed by atoms with van der Waals surface area (Å²) in [5.41, 5.74) is 1.91. The molecule has 0 unspecified atom stereocenters. The van der Waals surface area contributed by atoms with Crippen molar-refractivity contribution in [3.05, 3.63) is 53.1 Å². The molecule has 5 nitrogen and oxygen atoms in total. The second kappa shape index (κ2) is 5.12. The minimum atomic E-state index is -3.55. The minimum absolute atomic E-state index is 0.171. The maximum Gasteiger partial charge on any atom is 0.243 e. The lowest BCUT2D eigenvalue weighted by Crippen LogP contribution is -2.36. The Balaban J connectivity index is 1.94. The zero-order chi connectivity index (χ0) is 14.2. The zero-order valence-corrected chi connectivity index (χ0v) is 12.1. The lowest BCUT2D eigenvalue weighted by molar-refractivity contribution is 0.388. The van der Waals surface area contributed by atoms with E-state index in [1.807, 2.05) is 12.1 Å². The molecule has 0 atom stereocenters. The minimum Gasteiger partial charge on any atom is -0.261 e. The highest BCUT2D eigenvalue weighted by atomic mass is 35.5. The van der Waals surface area contributed by atoms with Gasteiger partial charge < -0.3 is 0 Å². The largest absolute Gasteiger partial charge is 0.261 e. The molecule has 2 aromatic rings. The summed E-state index contributed by atoms with van der Waals surface area (Å²) in [6, 6.07) is 6.55. The van der Waals surface area contributed by atoms with Crippen molar-refractivity contribution in [3.63, 3.8) is 0 Å². The van der Waals surface area contributed by atoms with E-state index in [4.69, 9.17) is 11.6 Å². The Kier molecular flexibility index (Phi) is 3.45. The molecule has 2 aromatic heterocycles. The fraction of sp³-hybridized carbons (Fsp3) is 0.231. The van der Waals surface area contributed by atoms with Gasteiger partial charge in [-0.2, -0.15) is 4.31 Å². The van der Waals surface area contributed by atoms with Crippen molar-refractivity contribution in [2.75, 3.05) is 6.54 Å². The van der Waals surface area contributed by atoms with Crippen molar-refractivity contribution in [2.24, 2.45) is 0 Å². The zero-order valence-electron chi connectivity index (χ0n) is 10.5. The van der Waals surface area contributed by atoms with Gasteiger partial charge in [0.2, 0.25) is 10.0 Å². The number of hydrogen-bond donors (Lipinski definition) is 0. The van der Waals surface area contributed by atoms with Crippen LogP contribution in [0.2, 0.25) is 5.15 Å². The van der Waals surface area contributed by atoms with Crippen LogP contribution in [0, 0.1) is 0 Å². The molecule has 0 saturated heterocycles. The molecule has 20 heavy (non-hydrogen) atoms. The molecule has 1 aliphatic heterocycles. The molecular formula is C13H12ClN3O2S. The monoisotopic (exact) mass is 309 g/mol. The van der Waals surface area contributed by atoms with Gasteiger partial charge in [-0.25, -0.2) is 13.4 Å². The van der Waals surface area contributed by atoms with E-state index in [0.717, 1.165) is 11.3 Å². The number of rotatable bonds is 2. The average Bonchev–Trinajstić information content (AvgIpc) is 2.46. The van der Waals surface area contributed by atoms with E-state index in [1.165, 1.54) is 22.6 Å². The van der Waals surface area contributed by atoms with E-state index in [9.17, 15) is 8.42 Å². The number of hydrogen-bond acceptors (Lipinski definition) is 4. The number of aromatic nitrogens is 2. The first-order valence-electron chi connectivity index (χ1n) is 6.12. The molecule has 0 radical (unpaired) electrons. The molecule has 3 rings (SSSR count). The molecule has 0 aliphatic carbocycles. The number of fused-ring (bicyclic) bond motifs is 1. The topological polar surface area (TPSA) is 63.2 Å². The van der Waals surface area contributed by atoms with Crippen molar-refractivity contribution < 1.29 is 8.42 Å². The third-order valence-corrected chi connectivity index (χ3v) is 5.31. The van der Waals surface area contributed by atoms with Crippen molar-refractivity contribution >= 4 is 21.6 Å². The van der Waals surface area contributed by atoms with Gasteiger partial charge in [0.25, 0.3) is 0 Å². The quantitative estimate of drug-likeness (QED) is 0.795. The summed E-state index contributed by atoms with van der Waals surface area (Å²) in [4.78, 5) is 8.25. The normalized spacial score (nSPS) is 15.8. The molecule has 7 heteroatoms. The molecule has 0 N–H and O–H groups in total. The molecule has 104 valence electrons. The third-order valence-electron chi connectivity index (χ3n) is 3.27. The van der Waals surface area contributed by atoms with Gasteiger partial charge in [0, 0.05) is 37.6 Å². The molecule has 1 aliphatic rings. The summed E-state index contributed by atoms with van der Waals surface area (Å²) in [7, 11) is -3.55. The summed E-state index contributed by atoms with van der Waals surface area (Å²) in [6.45, 7) is 0.762. The fourth-order valence-corrected chi connectivity index (χ4v) is 3.91. The number of pyridine rings is 2. The lowest BCUT2D eigenvalue weighted by Gasteiger charge is -2.27. The van der Waals surface area contributed by atoms with Gasteiger partial charge in [0.1, 0.15) is 5.15 Å². The Hall–Kier alpha value is -1.50.